The molecule has 0 aliphatic carbocycles. The summed E-state index contributed by atoms with van der Waals surface area (Å²) >= 11 is 2.49. The van der Waals surface area contributed by atoms with Gasteiger partial charge in [0.05, 0.1) is 18.2 Å². The summed E-state index contributed by atoms with van der Waals surface area (Å²) in [5.41, 5.74) is 19.3. The molecule has 1 spiro atoms. The SMILES string of the molecule is [2H]c1c([2H])c([2H])c(-c2cnc(N3c4ccccc4C4(c5ccccc5N(c5ccc(C(C)(C)C)cc5)c5ccccc54)c4ccc(Oc5cccc(-n6[c](=[Pt])n(-c7c(-c8ccccc8)cccc7-c7ccccc7)c7ccccc76)c5)cc43)cc2C)c([2H])c1[2H]. The van der Waals surface area contributed by atoms with Crippen LogP contribution in [0.3, 0.4) is 0 Å². The van der Waals surface area contributed by atoms with Crippen LogP contribution < -0.4 is 14.5 Å². The van der Waals surface area contributed by atoms with Gasteiger partial charge in [-0.3, -0.25) is 0 Å². The first-order valence-corrected chi connectivity index (χ1v) is 29.7. The molecule has 2 aromatic heterocycles. The summed E-state index contributed by atoms with van der Waals surface area (Å²) in [5.74, 6) is 1.82. The standard InChI is InChI=1S/C78H59N5O.Pt/c1-53-48-75(79-51-64(53)56-28-12-7-13-29-56)83-71-39-19-16-36-67(71)78(65-34-14-17-37-69(65)82(70-38-18-15-35-66(70)78)58-44-42-57(43-45-58)77(2,3)4)68-47-46-61(50-74(68)83)84-60-31-22-30-59(49-60)80-52-81(73-41-21-20-40-72(73)80)76-62(54-24-8-5-9-25-54)32-23-33-63(76)55-26-10-6-11-27-55;/h5-51H,1-4H3;/i7D,12D,13D,28D,29D;. The van der Waals surface area contributed by atoms with Crippen LogP contribution >= 0.6 is 0 Å². The first-order valence-electron chi connectivity index (χ1n) is 31.1. The van der Waals surface area contributed by atoms with E-state index in [9.17, 15) is 0 Å². The zero-order chi connectivity index (χ0) is 61.7. The number of anilines is 6. The zero-order valence-electron chi connectivity index (χ0n) is 52.2. The second kappa shape index (κ2) is 20.8. The van der Waals surface area contributed by atoms with E-state index in [2.05, 4.69) is 290 Å². The Balaban J connectivity index is 0.915. The second-order valence-electron chi connectivity index (χ2n) is 22.7. The Kier molecular flexibility index (Phi) is 11.4. The molecule has 0 amide bonds. The van der Waals surface area contributed by atoms with Crippen LogP contribution in [0.25, 0.3) is 55.8 Å². The van der Waals surface area contributed by atoms with E-state index < -0.39 is 23.5 Å². The molecular formula is C78H59N5OPt. The fourth-order valence-electron chi connectivity index (χ4n) is 13.0. The van der Waals surface area contributed by atoms with Crippen molar-refractivity contribution in [3.05, 3.63) is 322 Å². The number of nitrogens with zero attached hydrogens (tertiary/aromatic N) is 5. The van der Waals surface area contributed by atoms with Gasteiger partial charge in [-0.05, 0) is 53.3 Å². The number of aromatic nitrogens is 3. The quantitative estimate of drug-likeness (QED) is 0.144. The molecule has 15 rings (SSSR count). The van der Waals surface area contributed by atoms with Crippen molar-refractivity contribution in [3.63, 3.8) is 0 Å². The molecule has 0 radical (unpaired) electrons. The Labute approximate surface area is 514 Å². The van der Waals surface area contributed by atoms with E-state index in [1.165, 1.54) is 5.56 Å². The number of aryl methyl sites for hydroxylation is 1. The minimum absolute atomic E-state index is 0.0237. The Morgan fingerprint density at radius 3 is 1.58 bits per heavy atom. The molecular weight excluding hydrogens is 1220 g/mol. The van der Waals surface area contributed by atoms with E-state index in [0.717, 1.165) is 99.2 Å². The first kappa shape index (κ1) is 46.6. The van der Waals surface area contributed by atoms with E-state index in [4.69, 9.17) is 16.6 Å². The molecule has 412 valence electrons. The number of para-hydroxylation sites is 6. The molecule has 85 heavy (non-hydrogen) atoms. The molecule has 0 N–H and O–H groups in total. The third-order valence-corrected chi connectivity index (χ3v) is 17.8. The molecule has 4 heterocycles. The van der Waals surface area contributed by atoms with Gasteiger partial charge in [0.2, 0.25) is 0 Å². The smallest absolute Gasteiger partial charge is 0.0616 e. The van der Waals surface area contributed by atoms with Gasteiger partial charge in [-0.25, -0.2) is 0 Å². The summed E-state index contributed by atoms with van der Waals surface area (Å²) in [6.07, 6.45) is 1.64. The number of imidazole rings is 1. The normalized spacial score (nSPS) is 13.9. The number of pyridine rings is 1. The monoisotopic (exact) mass is 1280 g/mol. The summed E-state index contributed by atoms with van der Waals surface area (Å²) < 4.78 is 56.2. The zero-order valence-corrected chi connectivity index (χ0v) is 49.5. The van der Waals surface area contributed by atoms with Crippen LogP contribution in [0.1, 0.15) is 61.0 Å². The van der Waals surface area contributed by atoms with Gasteiger partial charge < -0.3 is 4.90 Å². The summed E-state index contributed by atoms with van der Waals surface area (Å²) in [5, 5.41) is 0. The van der Waals surface area contributed by atoms with E-state index in [-0.39, 0.29) is 23.1 Å². The van der Waals surface area contributed by atoms with Crippen molar-refractivity contribution in [1.82, 2.24) is 14.1 Å². The van der Waals surface area contributed by atoms with Crippen LogP contribution in [0.2, 0.25) is 0 Å². The summed E-state index contributed by atoms with van der Waals surface area (Å²) in [6, 6.07) is 86.2. The Morgan fingerprint density at radius 2 is 0.976 bits per heavy atom. The van der Waals surface area contributed by atoms with Gasteiger partial charge in [-0.1, -0.05) is 118 Å². The Morgan fingerprint density at radius 1 is 0.447 bits per heavy atom. The van der Waals surface area contributed by atoms with Crippen molar-refractivity contribution in [2.24, 2.45) is 0 Å². The summed E-state index contributed by atoms with van der Waals surface area (Å²) in [4.78, 5) is 9.78. The Bertz CT molecular complexity index is 4960. The molecule has 2 aliphatic heterocycles. The maximum atomic E-state index is 8.95. The van der Waals surface area contributed by atoms with Crippen LogP contribution in [0.15, 0.2) is 285 Å². The molecule has 6 nitrogen and oxygen atoms in total. The van der Waals surface area contributed by atoms with E-state index in [1.54, 1.807) is 6.20 Å². The number of ether oxygens (including phenoxy) is 1. The topological polar surface area (TPSA) is 38.5 Å². The molecule has 0 bridgehead atoms. The molecule has 0 saturated heterocycles. The third-order valence-electron chi connectivity index (χ3n) is 16.8. The molecule has 7 heteroatoms. The summed E-state index contributed by atoms with van der Waals surface area (Å²) in [7, 11) is 0. The van der Waals surface area contributed by atoms with Crippen LogP contribution in [0.5, 0.6) is 11.5 Å². The predicted octanol–water partition coefficient (Wildman–Crippen LogP) is 20.2. The van der Waals surface area contributed by atoms with Gasteiger partial charge >= 0.3 is 306 Å². The van der Waals surface area contributed by atoms with Crippen molar-refractivity contribution in [3.8, 4) is 56.3 Å². The fourth-order valence-corrected chi connectivity index (χ4v) is 14.1. The first-order chi connectivity index (χ1) is 43.7. The molecule has 0 unspecified atom stereocenters. The van der Waals surface area contributed by atoms with Gasteiger partial charge in [-0.2, -0.15) is 0 Å². The van der Waals surface area contributed by atoms with Crippen LogP contribution in [-0.2, 0) is 30.2 Å². The minimum atomic E-state index is -0.876. The maximum absolute atomic E-state index is 8.95. The number of hydrogen-bond acceptors (Lipinski definition) is 4. The summed E-state index contributed by atoms with van der Waals surface area (Å²) in [6.45, 7) is 8.63. The van der Waals surface area contributed by atoms with Crippen LogP contribution in [0.4, 0.5) is 34.3 Å². The van der Waals surface area contributed by atoms with E-state index >= 15 is 0 Å². The van der Waals surface area contributed by atoms with Gasteiger partial charge in [0.1, 0.15) is 0 Å². The molecule has 11 aromatic carbocycles. The van der Waals surface area contributed by atoms with Crippen molar-refractivity contribution in [1.29, 1.82) is 0 Å². The number of rotatable bonds is 9. The number of hydrogen-bond donors (Lipinski definition) is 0. The minimum Gasteiger partial charge on any atom is -0.0616 e. The van der Waals surface area contributed by atoms with Crippen LogP contribution in [-0.4, -0.2) is 14.1 Å². The average molecular weight is 1280 g/mol. The molecule has 0 fully saturated rings. The Hall–Kier alpha value is -9.87. The van der Waals surface area contributed by atoms with E-state index in [0.29, 0.717) is 28.4 Å². The predicted molar refractivity (Wildman–Crippen MR) is 345 cm³/mol. The molecule has 0 atom stereocenters. The van der Waals surface area contributed by atoms with Crippen molar-refractivity contribution in [2.45, 2.75) is 38.5 Å². The number of benzene rings is 11. The van der Waals surface area contributed by atoms with Gasteiger partial charge in [0.15, 0.2) is 0 Å². The van der Waals surface area contributed by atoms with Crippen molar-refractivity contribution < 1.29 is 30.9 Å². The third kappa shape index (κ3) is 8.57. The van der Waals surface area contributed by atoms with Gasteiger partial charge in [0.25, 0.3) is 0 Å². The van der Waals surface area contributed by atoms with Gasteiger partial charge in [-0.15, -0.1) is 0 Å². The number of fused-ring (bicyclic) bond motifs is 9. The molecule has 2 aliphatic rings. The van der Waals surface area contributed by atoms with E-state index in [1.807, 2.05) is 25.1 Å². The average Bonchev–Trinajstić information content (AvgIpc) is 0.796. The molecule has 0 saturated carbocycles. The molecule has 13 aromatic rings. The van der Waals surface area contributed by atoms with Crippen molar-refractivity contribution >= 4 is 45.3 Å². The van der Waals surface area contributed by atoms with Gasteiger partial charge in [0, 0.05) is 17.4 Å². The fraction of sp³-hybridized carbons (Fsp3) is 0.0769. The second-order valence-corrected chi connectivity index (χ2v) is 23.8. The van der Waals surface area contributed by atoms with Crippen LogP contribution in [0, 0.1) is 10.7 Å². The van der Waals surface area contributed by atoms with Crippen molar-refractivity contribution in [2.75, 3.05) is 9.80 Å².